The van der Waals surface area contributed by atoms with Crippen molar-refractivity contribution in [3.8, 4) is 0 Å². The number of nitrogens with zero attached hydrogens (tertiary/aromatic N) is 1. The lowest BCUT2D eigenvalue weighted by Crippen LogP contribution is -2.17. The van der Waals surface area contributed by atoms with Gasteiger partial charge in [0.05, 0.1) is 19.6 Å². The second kappa shape index (κ2) is 5.59. The van der Waals surface area contributed by atoms with Crippen molar-refractivity contribution in [1.29, 1.82) is 0 Å². The maximum absolute atomic E-state index is 13.3. The van der Waals surface area contributed by atoms with Crippen LogP contribution in [0.4, 0.5) is 15.8 Å². The number of rotatable bonds is 3. The molecule has 0 amide bonds. The molecule has 2 nitrogen and oxygen atoms in total. The van der Waals surface area contributed by atoms with Gasteiger partial charge >= 0.3 is 0 Å². The molecule has 0 atom stereocenters. The van der Waals surface area contributed by atoms with Crippen molar-refractivity contribution >= 4 is 54.6 Å². The van der Waals surface area contributed by atoms with Crippen LogP contribution in [-0.4, -0.2) is 7.05 Å². The number of anilines is 2. The van der Waals surface area contributed by atoms with Gasteiger partial charge in [-0.15, -0.1) is 11.3 Å². The lowest BCUT2D eigenvalue weighted by Gasteiger charge is -2.21. The summed E-state index contributed by atoms with van der Waals surface area (Å²) in [6.45, 7) is 0.727. The molecule has 0 spiro atoms. The van der Waals surface area contributed by atoms with Crippen LogP contribution in [0.2, 0.25) is 0 Å². The van der Waals surface area contributed by atoms with E-state index in [1.54, 1.807) is 17.4 Å². The summed E-state index contributed by atoms with van der Waals surface area (Å²) in [5.74, 6) is -0.345. The molecule has 1 heterocycles. The molecule has 0 bridgehead atoms. The van der Waals surface area contributed by atoms with Crippen LogP contribution in [-0.2, 0) is 6.54 Å². The molecule has 0 saturated heterocycles. The number of benzene rings is 1. The third-order valence-electron chi connectivity index (χ3n) is 2.52. The molecule has 96 valence electrons. The fraction of sp³-hybridized carbons (Fsp3) is 0.167. The minimum Gasteiger partial charge on any atom is -0.397 e. The molecule has 0 aliphatic carbocycles. The second-order valence-electron chi connectivity index (χ2n) is 3.94. The van der Waals surface area contributed by atoms with Gasteiger partial charge in [0.25, 0.3) is 0 Å². The molecule has 18 heavy (non-hydrogen) atoms. The van der Waals surface area contributed by atoms with Crippen molar-refractivity contribution in [2.24, 2.45) is 0 Å². The predicted octanol–water partition coefficient (Wildman–Crippen LogP) is 4.63. The van der Waals surface area contributed by atoms with E-state index < -0.39 is 0 Å². The number of hydrogen-bond donors (Lipinski definition) is 1. The first-order chi connectivity index (χ1) is 8.47. The van der Waals surface area contributed by atoms with Crippen LogP contribution >= 0.6 is 43.2 Å². The number of thiophene rings is 1. The summed E-state index contributed by atoms with van der Waals surface area (Å²) in [4.78, 5) is 1.99. The fourth-order valence-corrected chi connectivity index (χ4v) is 3.20. The second-order valence-corrected chi connectivity index (χ2v) is 7.09. The third kappa shape index (κ3) is 3.05. The first kappa shape index (κ1) is 13.8. The topological polar surface area (TPSA) is 29.3 Å². The highest BCUT2D eigenvalue weighted by Crippen LogP contribution is 2.30. The SMILES string of the molecule is CN(Cc1csc(Br)c1)c1cc(Br)c(F)cc1N. The zero-order chi connectivity index (χ0) is 13.3. The van der Waals surface area contributed by atoms with E-state index in [-0.39, 0.29) is 5.82 Å². The average molecular weight is 394 g/mol. The molecule has 1 aromatic carbocycles. The normalized spacial score (nSPS) is 10.7. The highest BCUT2D eigenvalue weighted by Gasteiger charge is 2.11. The van der Waals surface area contributed by atoms with Crippen LogP contribution < -0.4 is 10.6 Å². The lowest BCUT2D eigenvalue weighted by molar-refractivity contribution is 0.621. The van der Waals surface area contributed by atoms with Gasteiger partial charge in [-0.1, -0.05) is 0 Å². The van der Waals surface area contributed by atoms with Crippen molar-refractivity contribution in [2.75, 3.05) is 17.7 Å². The molecule has 0 unspecified atom stereocenters. The molecular weight excluding hydrogens is 383 g/mol. The standard InChI is InChI=1S/C12H11Br2FN2S/c1-17(5-7-2-12(14)18-6-7)11-3-8(13)9(15)4-10(11)16/h2-4,6H,5,16H2,1H3. The fourth-order valence-electron chi connectivity index (χ4n) is 1.67. The predicted molar refractivity (Wildman–Crippen MR) is 82.6 cm³/mol. The van der Waals surface area contributed by atoms with Crippen LogP contribution in [0.3, 0.4) is 0 Å². The zero-order valence-electron chi connectivity index (χ0n) is 9.58. The number of halogens is 3. The van der Waals surface area contributed by atoms with E-state index in [9.17, 15) is 4.39 Å². The van der Waals surface area contributed by atoms with Gasteiger partial charge in [0, 0.05) is 19.7 Å². The monoisotopic (exact) mass is 392 g/mol. The summed E-state index contributed by atoms with van der Waals surface area (Å²) < 4.78 is 14.8. The smallest absolute Gasteiger partial charge is 0.139 e. The molecule has 6 heteroatoms. The quantitative estimate of drug-likeness (QED) is 0.770. The molecule has 0 saturated carbocycles. The van der Waals surface area contributed by atoms with Gasteiger partial charge in [-0.25, -0.2) is 4.39 Å². The molecule has 2 rings (SSSR count). The summed E-state index contributed by atoms with van der Waals surface area (Å²) in [6.07, 6.45) is 0. The highest BCUT2D eigenvalue weighted by molar-refractivity contribution is 9.11. The summed E-state index contributed by atoms with van der Waals surface area (Å²) in [7, 11) is 1.93. The van der Waals surface area contributed by atoms with Gasteiger partial charge in [-0.2, -0.15) is 0 Å². The molecule has 0 fully saturated rings. The molecule has 0 radical (unpaired) electrons. The minimum atomic E-state index is -0.345. The minimum absolute atomic E-state index is 0.345. The Hall–Kier alpha value is -0.590. The van der Waals surface area contributed by atoms with E-state index >= 15 is 0 Å². The lowest BCUT2D eigenvalue weighted by atomic mass is 10.2. The van der Waals surface area contributed by atoms with Crippen molar-refractivity contribution in [2.45, 2.75) is 6.54 Å². The average Bonchev–Trinajstić information content (AvgIpc) is 2.69. The Balaban J connectivity index is 2.23. The van der Waals surface area contributed by atoms with Gasteiger partial charge in [0.1, 0.15) is 5.82 Å². The summed E-state index contributed by atoms with van der Waals surface area (Å²) >= 11 is 8.25. The third-order valence-corrected chi connectivity index (χ3v) is 4.68. The van der Waals surface area contributed by atoms with E-state index in [0.29, 0.717) is 10.2 Å². The van der Waals surface area contributed by atoms with E-state index in [1.165, 1.54) is 11.6 Å². The Morgan fingerprint density at radius 2 is 2.06 bits per heavy atom. The Morgan fingerprint density at radius 1 is 1.33 bits per heavy atom. The molecule has 0 aliphatic rings. The molecular formula is C12H11Br2FN2S. The zero-order valence-corrected chi connectivity index (χ0v) is 13.6. The van der Waals surface area contributed by atoms with E-state index in [4.69, 9.17) is 5.73 Å². The first-order valence-electron chi connectivity index (χ1n) is 5.16. The van der Waals surface area contributed by atoms with Gasteiger partial charge in [0.2, 0.25) is 0 Å². The Kier molecular flexibility index (Phi) is 4.29. The summed E-state index contributed by atoms with van der Waals surface area (Å²) in [5.41, 5.74) is 8.28. The number of nitrogen functional groups attached to an aromatic ring is 1. The Bertz CT molecular complexity index is 571. The van der Waals surface area contributed by atoms with Crippen LogP contribution in [0, 0.1) is 5.82 Å². The summed E-state index contributed by atoms with van der Waals surface area (Å²) in [5, 5.41) is 2.08. The van der Waals surface area contributed by atoms with Gasteiger partial charge < -0.3 is 10.6 Å². The molecule has 2 N–H and O–H groups in total. The molecule has 1 aromatic heterocycles. The van der Waals surface area contributed by atoms with E-state index in [2.05, 4.69) is 43.3 Å². The van der Waals surface area contributed by atoms with Gasteiger partial charge in [-0.3, -0.25) is 0 Å². The van der Waals surface area contributed by atoms with Crippen molar-refractivity contribution < 1.29 is 4.39 Å². The van der Waals surface area contributed by atoms with Crippen LogP contribution in [0.5, 0.6) is 0 Å². The van der Waals surface area contributed by atoms with Gasteiger partial charge in [0.15, 0.2) is 0 Å². The largest absolute Gasteiger partial charge is 0.397 e. The summed E-state index contributed by atoms with van der Waals surface area (Å²) in [6, 6.07) is 5.10. The maximum Gasteiger partial charge on any atom is 0.139 e. The van der Waals surface area contributed by atoms with Crippen molar-refractivity contribution in [3.63, 3.8) is 0 Å². The first-order valence-corrected chi connectivity index (χ1v) is 7.62. The van der Waals surface area contributed by atoms with Crippen LogP contribution in [0.1, 0.15) is 5.56 Å². The van der Waals surface area contributed by atoms with Crippen molar-refractivity contribution in [3.05, 3.63) is 43.2 Å². The van der Waals surface area contributed by atoms with E-state index in [0.717, 1.165) is 16.0 Å². The van der Waals surface area contributed by atoms with Crippen molar-refractivity contribution in [1.82, 2.24) is 0 Å². The highest BCUT2D eigenvalue weighted by atomic mass is 79.9. The Morgan fingerprint density at radius 3 is 2.67 bits per heavy atom. The van der Waals surface area contributed by atoms with E-state index in [1.807, 2.05) is 11.9 Å². The number of hydrogen-bond acceptors (Lipinski definition) is 3. The molecule has 0 aliphatic heterocycles. The number of nitrogens with two attached hydrogens (primary N) is 1. The Labute approximate surface area is 126 Å². The molecule has 2 aromatic rings. The van der Waals surface area contributed by atoms with Gasteiger partial charge in [-0.05, 0) is 54.9 Å². The van der Waals surface area contributed by atoms with Crippen LogP contribution in [0.25, 0.3) is 0 Å². The maximum atomic E-state index is 13.3. The van der Waals surface area contributed by atoms with Crippen LogP contribution in [0.15, 0.2) is 31.8 Å².